The molecule has 0 aliphatic heterocycles. The molecule has 0 spiro atoms. The van der Waals surface area contributed by atoms with Crippen LogP contribution in [0.25, 0.3) is 0 Å². The number of pyridine rings is 1. The molecule has 0 atom stereocenters. The average molecular weight is 283 g/mol. The highest BCUT2D eigenvalue weighted by molar-refractivity contribution is 5.96. The van der Waals surface area contributed by atoms with Crippen molar-refractivity contribution < 1.29 is 9.59 Å². The predicted octanol–water partition coefficient (Wildman–Crippen LogP) is 2.15. The Morgan fingerprint density at radius 3 is 2.67 bits per heavy atom. The van der Waals surface area contributed by atoms with E-state index in [0.717, 1.165) is 5.56 Å². The number of amides is 2. The Balaban J connectivity index is 1.78. The minimum atomic E-state index is -0.165. The van der Waals surface area contributed by atoms with Gasteiger partial charge in [0.25, 0.3) is 5.91 Å². The number of carbonyl (C=O) groups is 2. The molecule has 0 saturated carbocycles. The van der Waals surface area contributed by atoms with Gasteiger partial charge in [-0.25, -0.2) is 0 Å². The largest absolute Gasteiger partial charge is 0.352 e. The van der Waals surface area contributed by atoms with E-state index in [1.165, 1.54) is 0 Å². The summed E-state index contributed by atoms with van der Waals surface area (Å²) < 4.78 is 0. The fourth-order valence-corrected chi connectivity index (χ4v) is 1.87. The van der Waals surface area contributed by atoms with E-state index in [1.54, 1.807) is 30.6 Å². The minimum absolute atomic E-state index is 0.159. The third-order valence-electron chi connectivity index (χ3n) is 2.97. The maximum atomic E-state index is 12.0. The van der Waals surface area contributed by atoms with Crippen LogP contribution >= 0.6 is 0 Å². The van der Waals surface area contributed by atoms with Gasteiger partial charge >= 0.3 is 0 Å². The van der Waals surface area contributed by atoms with E-state index in [9.17, 15) is 9.59 Å². The number of anilines is 1. The van der Waals surface area contributed by atoms with Crippen molar-refractivity contribution in [1.82, 2.24) is 10.3 Å². The SMILES string of the molecule is Cc1ccccc1C(=O)NCCC(=O)Nc1cccnc1. The summed E-state index contributed by atoms with van der Waals surface area (Å²) in [7, 11) is 0. The molecule has 108 valence electrons. The Labute approximate surface area is 123 Å². The Kier molecular flexibility index (Phi) is 5.04. The highest BCUT2D eigenvalue weighted by atomic mass is 16.2. The second-order valence-corrected chi connectivity index (χ2v) is 4.61. The lowest BCUT2D eigenvalue weighted by atomic mass is 10.1. The first kappa shape index (κ1) is 14.7. The second kappa shape index (κ2) is 7.19. The molecule has 5 nitrogen and oxygen atoms in total. The number of aromatic nitrogens is 1. The highest BCUT2D eigenvalue weighted by Gasteiger charge is 2.08. The molecular weight excluding hydrogens is 266 g/mol. The van der Waals surface area contributed by atoms with Gasteiger partial charge in [-0.3, -0.25) is 14.6 Å². The van der Waals surface area contributed by atoms with E-state index in [4.69, 9.17) is 0 Å². The van der Waals surface area contributed by atoms with Gasteiger partial charge in [-0.2, -0.15) is 0 Å². The standard InChI is InChI=1S/C16H17N3O2/c1-12-5-2-3-7-14(12)16(21)18-10-8-15(20)19-13-6-4-9-17-11-13/h2-7,9,11H,8,10H2,1H3,(H,18,21)(H,19,20). The topological polar surface area (TPSA) is 71.1 Å². The van der Waals surface area contributed by atoms with Crippen molar-refractivity contribution in [3.63, 3.8) is 0 Å². The first-order valence-electron chi connectivity index (χ1n) is 6.70. The van der Waals surface area contributed by atoms with Crippen LogP contribution in [-0.2, 0) is 4.79 Å². The summed E-state index contributed by atoms with van der Waals surface area (Å²) in [6.45, 7) is 2.17. The molecule has 0 bridgehead atoms. The average Bonchev–Trinajstić information content (AvgIpc) is 2.48. The van der Waals surface area contributed by atoms with Gasteiger partial charge in [0.2, 0.25) is 5.91 Å². The molecule has 2 N–H and O–H groups in total. The van der Waals surface area contributed by atoms with Gasteiger partial charge < -0.3 is 10.6 Å². The summed E-state index contributed by atoms with van der Waals surface area (Å²) in [5.41, 5.74) is 2.19. The van der Waals surface area contributed by atoms with Crippen LogP contribution < -0.4 is 10.6 Å². The molecule has 0 radical (unpaired) electrons. The zero-order valence-electron chi connectivity index (χ0n) is 11.8. The smallest absolute Gasteiger partial charge is 0.251 e. The molecular formula is C16H17N3O2. The lowest BCUT2D eigenvalue weighted by molar-refractivity contribution is -0.116. The molecule has 0 unspecified atom stereocenters. The van der Waals surface area contributed by atoms with Crippen molar-refractivity contribution in [2.75, 3.05) is 11.9 Å². The molecule has 2 amide bonds. The van der Waals surface area contributed by atoms with E-state index in [-0.39, 0.29) is 18.2 Å². The molecule has 2 aromatic rings. The van der Waals surface area contributed by atoms with Crippen LogP contribution in [0.5, 0.6) is 0 Å². The number of aryl methyl sites for hydroxylation is 1. The zero-order valence-corrected chi connectivity index (χ0v) is 11.8. The van der Waals surface area contributed by atoms with E-state index < -0.39 is 0 Å². The fourth-order valence-electron chi connectivity index (χ4n) is 1.87. The molecule has 0 fully saturated rings. The number of benzene rings is 1. The first-order chi connectivity index (χ1) is 10.2. The zero-order chi connectivity index (χ0) is 15.1. The van der Waals surface area contributed by atoms with E-state index in [0.29, 0.717) is 17.8 Å². The number of hydrogen-bond acceptors (Lipinski definition) is 3. The third-order valence-corrected chi connectivity index (χ3v) is 2.97. The number of carbonyl (C=O) groups excluding carboxylic acids is 2. The van der Waals surface area contributed by atoms with Crippen molar-refractivity contribution in [3.05, 3.63) is 59.9 Å². The Bertz CT molecular complexity index is 626. The Morgan fingerprint density at radius 2 is 1.95 bits per heavy atom. The number of rotatable bonds is 5. The Hall–Kier alpha value is -2.69. The number of hydrogen-bond donors (Lipinski definition) is 2. The van der Waals surface area contributed by atoms with Crippen LogP contribution in [0, 0.1) is 6.92 Å². The molecule has 1 aromatic heterocycles. The van der Waals surface area contributed by atoms with Crippen molar-refractivity contribution >= 4 is 17.5 Å². The van der Waals surface area contributed by atoms with Gasteiger partial charge in [0.15, 0.2) is 0 Å². The maximum Gasteiger partial charge on any atom is 0.251 e. The van der Waals surface area contributed by atoms with Gasteiger partial charge in [-0.05, 0) is 30.7 Å². The van der Waals surface area contributed by atoms with Gasteiger partial charge in [-0.1, -0.05) is 18.2 Å². The maximum absolute atomic E-state index is 12.0. The van der Waals surface area contributed by atoms with Crippen molar-refractivity contribution in [3.8, 4) is 0 Å². The third kappa shape index (κ3) is 4.42. The molecule has 0 aliphatic carbocycles. The van der Waals surface area contributed by atoms with Crippen LogP contribution in [0.4, 0.5) is 5.69 Å². The summed E-state index contributed by atoms with van der Waals surface area (Å²) in [4.78, 5) is 27.6. The summed E-state index contributed by atoms with van der Waals surface area (Å²) in [5, 5.41) is 5.46. The van der Waals surface area contributed by atoms with Gasteiger partial charge in [0.1, 0.15) is 0 Å². The number of nitrogens with one attached hydrogen (secondary N) is 2. The van der Waals surface area contributed by atoms with Crippen molar-refractivity contribution in [2.24, 2.45) is 0 Å². The summed E-state index contributed by atoms with van der Waals surface area (Å²) in [6, 6.07) is 10.8. The van der Waals surface area contributed by atoms with Crippen molar-refractivity contribution in [2.45, 2.75) is 13.3 Å². The molecule has 0 aliphatic rings. The lowest BCUT2D eigenvalue weighted by Crippen LogP contribution is -2.28. The van der Waals surface area contributed by atoms with Crippen LogP contribution in [-0.4, -0.2) is 23.3 Å². The quantitative estimate of drug-likeness (QED) is 0.883. The molecule has 1 aromatic carbocycles. The normalized spacial score (nSPS) is 9.95. The molecule has 0 saturated heterocycles. The van der Waals surface area contributed by atoms with E-state index in [1.807, 2.05) is 25.1 Å². The van der Waals surface area contributed by atoms with Crippen LogP contribution in [0.15, 0.2) is 48.8 Å². The monoisotopic (exact) mass is 283 g/mol. The highest BCUT2D eigenvalue weighted by Crippen LogP contribution is 2.06. The summed E-state index contributed by atoms with van der Waals surface area (Å²) in [6.07, 6.45) is 3.42. The van der Waals surface area contributed by atoms with Crippen LogP contribution in [0.2, 0.25) is 0 Å². The second-order valence-electron chi connectivity index (χ2n) is 4.61. The molecule has 5 heteroatoms. The van der Waals surface area contributed by atoms with Gasteiger partial charge in [0.05, 0.1) is 11.9 Å². The molecule has 2 rings (SSSR count). The van der Waals surface area contributed by atoms with Crippen molar-refractivity contribution in [1.29, 1.82) is 0 Å². The van der Waals surface area contributed by atoms with Crippen LogP contribution in [0.1, 0.15) is 22.3 Å². The fraction of sp³-hybridized carbons (Fsp3) is 0.188. The first-order valence-corrected chi connectivity index (χ1v) is 6.70. The molecule has 1 heterocycles. The molecule has 21 heavy (non-hydrogen) atoms. The van der Waals surface area contributed by atoms with Gasteiger partial charge in [0, 0.05) is 24.7 Å². The lowest BCUT2D eigenvalue weighted by Gasteiger charge is -2.08. The summed E-state index contributed by atoms with van der Waals surface area (Å²) in [5.74, 6) is -0.324. The Morgan fingerprint density at radius 1 is 1.14 bits per heavy atom. The van der Waals surface area contributed by atoms with Gasteiger partial charge in [-0.15, -0.1) is 0 Å². The number of nitrogens with zero attached hydrogens (tertiary/aromatic N) is 1. The van der Waals surface area contributed by atoms with E-state index in [2.05, 4.69) is 15.6 Å². The minimum Gasteiger partial charge on any atom is -0.352 e. The van der Waals surface area contributed by atoms with Crippen LogP contribution in [0.3, 0.4) is 0 Å². The summed E-state index contributed by atoms with van der Waals surface area (Å²) >= 11 is 0. The van der Waals surface area contributed by atoms with E-state index >= 15 is 0 Å². The predicted molar refractivity (Wildman–Crippen MR) is 81.0 cm³/mol.